The summed E-state index contributed by atoms with van der Waals surface area (Å²) < 4.78 is 0. The smallest absolute Gasteiger partial charge is 0.319 e. The highest BCUT2D eigenvalue weighted by Crippen LogP contribution is 2.20. The number of rotatable bonds is 5. The Morgan fingerprint density at radius 2 is 1.86 bits per heavy atom. The van der Waals surface area contributed by atoms with Crippen molar-refractivity contribution in [3.63, 3.8) is 0 Å². The number of benzene rings is 1. The highest BCUT2D eigenvalue weighted by Gasteiger charge is 2.29. The number of likely N-dealkylation sites (tertiary alicyclic amines) is 1. The normalized spacial score (nSPS) is 20.0. The first-order valence-corrected chi connectivity index (χ1v) is 10.7. The van der Waals surface area contributed by atoms with E-state index >= 15 is 0 Å². The van der Waals surface area contributed by atoms with Crippen LogP contribution >= 0.6 is 0 Å². The molecule has 0 bridgehead atoms. The Kier molecular flexibility index (Phi) is 7.49. The first-order valence-electron chi connectivity index (χ1n) is 10.7. The van der Waals surface area contributed by atoms with Crippen LogP contribution in [0.5, 0.6) is 0 Å². The van der Waals surface area contributed by atoms with E-state index in [9.17, 15) is 14.4 Å². The maximum absolute atomic E-state index is 12.6. The summed E-state index contributed by atoms with van der Waals surface area (Å²) in [7, 11) is 0. The second kappa shape index (κ2) is 10.3. The minimum Gasteiger partial charge on any atom is -0.353 e. The van der Waals surface area contributed by atoms with E-state index in [1.54, 1.807) is 11.0 Å². The van der Waals surface area contributed by atoms with Gasteiger partial charge in [0.05, 0.1) is 12.5 Å². The van der Waals surface area contributed by atoms with E-state index in [4.69, 9.17) is 0 Å². The van der Waals surface area contributed by atoms with Crippen molar-refractivity contribution < 1.29 is 14.4 Å². The van der Waals surface area contributed by atoms with Crippen molar-refractivity contribution >= 4 is 23.5 Å². The molecule has 1 unspecified atom stereocenters. The summed E-state index contributed by atoms with van der Waals surface area (Å²) in [5.41, 5.74) is 1.73. The summed E-state index contributed by atoms with van der Waals surface area (Å²) in [6, 6.07) is 7.35. The fourth-order valence-electron chi connectivity index (χ4n) is 4.15. The zero-order valence-corrected chi connectivity index (χ0v) is 17.2. The number of amides is 4. The zero-order chi connectivity index (χ0) is 20.6. The summed E-state index contributed by atoms with van der Waals surface area (Å²) in [4.78, 5) is 38.9. The Labute approximate surface area is 172 Å². The van der Waals surface area contributed by atoms with E-state index in [1.807, 2.05) is 25.1 Å². The molecule has 1 aliphatic carbocycles. The van der Waals surface area contributed by atoms with Crippen LogP contribution in [0.25, 0.3) is 0 Å². The van der Waals surface area contributed by atoms with Gasteiger partial charge in [-0.15, -0.1) is 0 Å². The van der Waals surface area contributed by atoms with Crippen LogP contribution in [0.4, 0.5) is 10.5 Å². The molecular formula is C22H32N4O3. The summed E-state index contributed by atoms with van der Waals surface area (Å²) in [6.07, 6.45) is 7.34. The average molecular weight is 401 g/mol. The van der Waals surface area contributed by atoms with Crippen molar-refractivity contribution in [3.05, 3.63) is 29.8 Å². The Morgan fingerprint density at radius 3 is 2.62 bits per heavy atom. The van der Waals surface area contributed by atoms with Crippen molar-refractivity contribution in [1.29, 1.82) is 0 Å². The number of piperidine rings is 1. The Balaban J connectivity index is 1.42. The summed E-state index contributed by atoms with van der Waals surface area (Å²) in [5.74, 6) is -0.241. The van der Waals surface area contributed by atoms with Gasteiger partial charge < -0.3 is 20.9 Å². The van der Waals surface area contributed by atoms with E-state index in [0.717, 1.165) is 31.2 Å². The van der Waals surface area contributed by atoms with Gasteiger partial charge in [0.2, 0.25) is 11.8 Å². The van der Waals surface area contributed by atoms with Gasteiger partial charge in [0.1, 0.15) is 0 Å². The predicted octanol–water partition coefficient (Wildman–Crippen LogP) is 2.80. The van der Waals surface area contributed by atoms with Crippen LogP contribution in [0.15, 0.2) is 24.3 Å². The van der Waals surface area contributed by atoms with E-state index in [1.165, 1.54) is 19.3 Å². The van der Waals surface area contributed by atoms with E-state index in [-0.39, 0.29) is 30.3 Å². The van der Waals surface area contributed by atoms with Gasteiger partial charge in [-0.05, 0) is 50.3 Å². The molecule has 1 aromatic carbocycles. The van der Waals surface area contributed by atoms with Gasteiger partial charge in [-0.1, -0.05) is 31.4 Å². The maximum atomic E-state index is 12.6. The van der Waals surface area contributed by atoms with E-state index in [0.29, 0.717) is 18.8 Å². The lowest BCUT2D eigenvalue weighted by Crippen LogP contribution is -2.50. The molecule has 158 valence electrons. The van der Waals surface area contributed by atoms with Crippen molar-refractivity contribution in [1.82, 2.24) is 15.5 Å². The minimum absolute atomic E-state index is 0.0690. The Bertz CT molecular complexity index is 731. The largest absolute Gasteiger partial charge is 0.353 e. The van der Waals surface area contributed by atoms with Gasteiger partial charge >= 0.3 is 6.03 Å². The van der Waals surface area contributed by atoms with Crippen LogP contribution in [0.3, 0.4) is 0 Å². The lowest BCUT2D eigenvalue weighted by molar-refractivity contribution is -0.135. The molecule has 0 radical (unpaired) electrons. The predicted molar refractivity (Wildman–Crippen MR) is 113 cm³/mol. The van der Waals surface area contributed by atoms with E-state index < -0.39 is 6.03 Å². The molecule has 1 atom stereocenters. The number of nitrogens with zero attached hydrogens (tertiary/aromatic N) is 1. The third kappa shape index (κ3) is 6.48. The molecule has 1 heterocycles. The molecule has 1 saturated heterocycles. The van der Waals surface area contributed by atoms with Crippen LogP contribution < -0.4 is 16.0 Å². The van der Waals surface area contributed by atoms with Crippen molar-refractivity contribution in [2.75, 3.05) is 25.0 Å². The summed E-state index contributed by atoms with van der Waals surface area (Å²) in [5, 5.41) is 8.52. The fourth-order valence-corrected chi connectivity index (χ4v) is 4.15. The highest BCUT2D eigenvalue weighted by atomic mass is 16.2. The lowest BCUT2D eigenvalue weighted by Gasteiger charge is -2.33. The van der Waals surface area contributed by atoms with Gasteiger partial charge in [-0.2, -0.15) is 0 Å². The van der Waals surface area contributed by atoms with Crippen LogP contribution in [0.2, 0.25) is 0 Å². The Morgan fingerprint density at radius 1 is 1.07 bits per heavy atom. The van der Waals surface area contributed by atoms with E-state index in [2.05, 4.69) is 16.0 Å². The molecule has 0 aromatic heterocycles. The minimum atomic E-state index is -0.410. The molecule has 7 heteroatoms. The quantitative estimate of drug-likeness (QED) is 0.710. The number of nitrogens with one attached hydrogen (secondary N) is 3. The van der Waals surface area contributed by atoms with Gasteiger partial charge in [-0.3, -0.25) is 9.59 Å². The molecule has 29 heavy (non-hydrogen) atoms. The average Bonchev–Trinajstić information content (AvgIpc) is 2.73. The molecular weight excluding hydrogens is 368 g/mol. The number of aryl methyl sites for hydroxylation is 1. The second-order valence-corrected chi connectivity index (χ2v) is 8.20. The van der Waals surface area contributed by atoms with Crippen molar-refractivity contribution in [2.45, 2.75) is 57.9 Å². The summed E-state index contributed by atoms with van der Waals surface area (Å²) in [6.45, 7) is 2.93. The van der Waals surface area contributed by atoms with Crippen LogP contribution in [0, 0.1) is 12.8 Å². The summed E-state index contributed by atoms with van der Waals surface area (Å²) >= 11 is 0. The molecule has 1 aliphatic heterocycles. The van der Waals surface area contributed by atoms with Gasteiger partial charge in [0.25, 0.3) is 0 Å². The second-order valence-electron chi connectivity index (χ2n) is 8.20. The van der Waals surface area contributed by atoms with Gasteiger partial charge in [-0.25, -0.2) is 4.79 Å². The number of urea groups is 1. The fraction of sp³-hybridized carbons (Fsp3) is 0.591. The molecule has 7 nitrogen and oxygen atoms in total. The molecule has 3 N–H and O–H groups in total. The maximum Gasteiger partial charge on any atom is 0.319 e. The van der Waals surface area contributed by atoms with Crippen molar-refractivity contribution in [2.24, 2.45) is 5.92 Å². The number of hydrogen-bond acceptors (Lipinski definition) is 3. The van der Waals surface area contributed by atoms with Crippen LogP contribution in [0.1, 0.15) is 50.5 Å². The zero-order valence-electron chi connectivity index (χ0n) is 17.2. The first-order chi connectivity index (χ1) is 14.0. The number of carbonyl (C=O) groups is 3. The SMILES string of the molecule is Cc1cccc(NC(=O)NCC(=O)N2CCCC(C(=O)NC3CCCCC3)C2)c1. The number of carbonyl (C=O) groups excluding carboxylic acids is 3. The third-order valence-electron chi connectivity index (χ3n) is 5.77. The standard InChI is InChI=1S/C22H32N4O3/c1-16-7-5-11-19(13-16)25-22(29)23-14-20(27)26-12-6-8-17(15-26)21(28)24-18-9-3-2-4-10-18/h5,7,11,13,17-18H,2-4,6,8-10,12,14-15H2,1H3,(H,24,28)(H2,23,25,29). The monoisotopic (exact) mass is 400 g/mol. The molecule has 2 aliphatic rings. The molecule has 0 spiro atoms. The molecule has 1 aromatic rings. The lowest BCUT2D eigenvalue weighted by atomic mass is 9.93. The van der Waals surface area contributed by atoms with Crippen LogP contribution in [-0.2, 0) is 9.59 Å². The highest BCUT2D eigenvalue weighted by molar-refractivity contribution is 5.92. The third-order valence-corrected chi connectivity index (χ3v) is 5.77. The first kappa shape index (κ1) is 21.1. The van der Waals surface area contributed by atoms with Crippen molar-refractivity contribution in [3.8, 4) is 0 Å². The topological polar surface area (TPSA) is 90.5 Å². The van der Waals surface area contributed by atoms with Gasteiger partial charge in [0.15, 0.2) is 0 Å². The number of anilines is 1. The molecule has 3 rings (SSSR count). The molecule has 1 saturated carbocycles. The Hall–Kier alpha value is -2.57. The number of hydrogen-bond donors (Lipinski definition) is 3. The molecule has 4 amide bonds. The van der Waals surface area contributed by atoms with Gasteiger partial charge in [0, 0.05) is 24.8 Å². The van der Waals surface area contributed by atoms with Crippen LogP contribution in [-0.4, -0.2) is 48.4 Å². The molecule has 2 fully saturated rings.